The Hall–Kier alpha value is -3.98. The van der Waals surface area contributed by atoms with Gasteiger partial charge in [0.2, 0.25) is 11.8 Å². The number of primary amides is 1. The summed E-state index contributed by atoms with van der Waals surface area (Å²) in [6, 6.07) is 29.2. The van der Waals surface area contributed by atoms with Gasteiger partial charge in [-0.15, -0.1) is 0 Å². The number of rotatable bonds is 20. The first kappa shape index (κ1) is 33.5. The van der Waals surface area contributed by atoms with E-state index in [4.69, 9.17) is 24.7 Å². The minimum absolute atomic E-state index is 0.00614. The monoisotopic (exact) mass is 588 g/mol. The van der Waals surface area contributed by atoms with Crippen LogP contribution < -0.4 is 10.5 Å². The van der Waals surface area contributed by atoms with Gasteiger partial charge in [0.15, 0.2) is 0 Å². The standard InChI is InChI=1S/C35H44N2O6/c1-3-32(28-10-6-4-7-11-28)35(29-12-8-5-9-13-29)30-14-16-31(17-15-30)43-23-20-37(2)34(39)19-22-41-25-27-42-26-24-40-21-18-33(36)38/h4-17H,3,18-27H2,1-2H3,(H2,36,38)/b35-32-. The molecule has 0 spiro atoms. The zero-order valence-corrected chi connectivity index (χ0v) is 25.3. The zero-order valence-electron chi connectivity index (χ0n) is 25.3. The Bertz CT molecular complexity index is 1260. The number of benzene rings is 3. The van der Waals surface area contributed by atoms with E-state index in [1.807, 2.05) is 24.3 Å². The van der Waals surface area contributed by atoms with Crippen LogP contribution in [-0.2, 0) is 23.8 Å². The van der Waals surface area contributed by atoms with E-state index in [9.17, 15) is 9.59 Å². The third-order valence-electron chi connectivity index (χ3n) is 6.80. The molecule has 8 nitrogen and oxygen atoms in total. The summed E-state index contributed by atoms with van der Waals surface area (Å²) >= 11 is 0. The van der Waals surface area contributed by atoms with Crippen molar-refractivity contribution in [2.24, 2.45) is 5.73 Å². The van der Waals surface area contributed by atoms with Crippen LogP contribution in [0.15, 0.2) is 84.9 Å². The summed E-state index contributed by atoms with van der Waals surface area (Å²) in [7, 11) is 1.77. The van der Waals surface area contributed by atoms with Crippen molar-refractivity contribution in [2.75, 3.05) is 59.8 Å². The van der Waals surface area contributed by atoms with Gasteiger partial charge in [-0.1, -0.05) is 79.7 Å². The number of carbonyl (C=O) groups is 2. The topological polar surface area (TPSA) is 100 Å². The lowest BCUT2D eigenvalue weighted by Crippen LogP contribution is -2.31. The van der Waals surface area contributed by atoms with Gasteiger partial charge >= 0.3 is 0 Å². The smallest absolute Gasteiger partial charge is 0.224 e. The Morgan fingerprint density at radius 2 is 1.16 bits per heavy atom. The predicted octanol–water partition coefficient (Wildman–Crippen LogP) is 5.21. The first-order chi connectivity index (χ1) is 21.0. The first-order valence-corrected chi connectivity index (χ1v) is 14.8. The molecule has 3 rings (SSSR count). The molecule has 0 unspecified atom stereocenters. The number of nitrogens with zero attached hydrogens (tertiary/aromatic N) is 1. The molecule has 0 fully saturated rings. The van der Waals surface area contributed by atoms with Gasteiger partial charge < -0.3 is 29.6 Å². The van der Waals surface area contributed by atoms with E-state index in [0.717, 1.165) is 17.7 Å². The van der Waals surface area contributed by atoms with Gasteiger partial charge in [0.1, 0.15) is 12.4 Å². The number of hydrogen-bond acceptors (Lipinski definition) is 6. The van der Waals surface area contributed by atoms with Gasteiger partial charge in [0, 0.05) is 13.5 Å². The lowest BCUT2D eigenvalue weighted by molar-refractivity contribution is -0.131. The maximum atomic E-state index is 12.4. The van der Waals surface area contributed by atoms with Crippen molar-refractivity contribution in [2.45, 2.75) is 26.2 Å². The van der Waals surface area contributed by atoms with Gasteiger partial charge in [0.05, 0.1) is 52.6 Å². The molecule has 3 aromatic rings. The summed E-state index contributed by atoms with van der Waals surface area (Å²) < 4.78 is 22.1. The lowest BCUT2D eigenvalue weighted by Gasteiger charge is -2.18. The Morgan fingerprint density at radius 1 is 0.651 bits per heavy atom. The van der Waals surface area contributed by atoms with Crippen molar-refractivity contribution in [3.05, 3.63) is 102 Å². The first-order valence-electron chi connectivity index (χ1n) is 14.8. The number of hydrogen-bond donors (Lipinski definition) is 1. The van der Waals surface area contributed by atoms with Gasteiger partial charge in [-0.2, -0.15) is 0 Å². The number of amides is 2. The van der Waals surface area contributed by atoms with Gasteiger partial charge in [-0.05, 0) is 46.4 Å². The molecule has 0 heterocycles. The Labute approximate surface area is 255 Å². The molecule has 0 aliphatic carbocycles. The summed E-state index contributed by atoms with van der Waals surface area (Å²) in [6.45, 7) is 5.28. The summed E-state index contributed by atoms with van der Waals surface area (Å²) in [5, 5.41) is 0. The number of ether oxygens (including phenoxy) is 4. The highest BCUT2D eigenvalue weighted by Gasteiger charge is 2.13. The van der Waals surface area contributed by atoms with Gasteiger partial charge in [-0.3, -0.25) is 9.59 Å². The normalized spacial score (nSPS) is 11.6. The number of carbonyl (C=O) groups excluding carboxylic acids is 2. The number of allylic oxidation sites excluding steroid dienone is 1. The predicted molar refractivity (Wildman–Crippen MR) is 170 cm³/mol. The van der Waals surface area contributed by atoms with Crippen LogP contribution in [0.2, 0.25) is 0 Å². The molecule has 0 radical (unpaired) electrons. The molecule has 0 aliphatic rings. The van der Waals surface area contributed by atoms with Crippen LogP contribution in [0.5, 0.6) is 5.75 Å². The highest BCUT2D eigenvalue weighted by molar-refractivity contribution is 5.98. The molecule has 43 heavy (non-hydrogen) atoms. The van der Waals surface area contributed by atoms with Crippen molar-refractivity contribution in [3.8, 4) is 5.75 Å². The number of nitrogens with two attached hydrogens (primary N) is 1. The summed E-state index contributed by atoms with van der Waals surface area (Å²) in [6.07, 6.45) is 1.40. The second-order valence-electron chi connectivity index (χ2n) is 9.93. The molecular weight excluding hydrogens is 544 g/mol. The molecule has 0 bridgehead atoms. The molecule has 0 aliphatic heterocycles. The highest BCUT2D eigenvalue weighted by atomic mass is 16.5. The van der Waals surface area contributed by atoms with E-state index in [0.29, 0.717) is 52.8 Å². The molecule has 2 N–H and O–H groups in total. The number of likely N-dealkylation sites (N-methyl/N-ethyl adjacent to an activating group) is 1. The van der Waals surface area contributed by atoms with E-state index >= 15 is 0 Å². The van der Waals surface area contributed by atoms with Crippen LogP contribution in [0.1, 0.15) is 42.9 Å². The molecular formula is C35H44N2O6. The maximum absolute atomic E-state index is 12.4. The van der Waals surface area contributed by atoms with Crippen molar-refractivity contribution in [1.82, 2.24) is 4.90 Å². The highest BCUT2D eigenvalue weighted by Crippen LogP contribution is 2.34. The molecule has 2 amide bonds. The van der Waals surface area contributed by atoms with E-state index in [-0.39, 0.29) is 24.7 Å². The molecule has 0 aromatic heterocycles. The maximum Gasteiger partial charge on any atom is 0.224 e. The van der Waals surface area contributed by atoms with Crippen molar-refractivity contribution in [3.63, 3.8) is 0 Å². The largest absolute Gasteiger partial charge is 0.492 e. The van der Waals surface area contributed by atoms with Crippen LogP contribution in [0, 0.1) is 0 Å². The van der Waals surface area contributed by atoms with Crippen LogP contribution in [-0.4, -0.2) is 76.6 Å². The van der Waals surface area contributed by atoms with Crippen LogP contribution in [0.3, 0.4) is 0 Å². The molecule has 3 aromatic carbocycles. The van der Waals surface area contributed by atoms with E-state index in [1.54, 1.807) is 11.9 Å². The fourth-order valence-corrected chi connectivity index (χ4v) is 4.49. The van der Waals surface area contributed by atoms with Crippen LogP contribution in [0.4, 0.5) is 0 Å². The molecule has 0 atom stereocenters. The average Bonchev–Trinajstić information content (AvgIpc) is 3.03. The summed E-state index contributed by atoms with van der Waals surface area (Å²) in [4.78, 5) is 24.7. The fourth-order valence-electron chi connectivity index (χ4n) is 4.49. The van der Waals surface area contributed by atoms with E-state index in [2.05, 4.69) is 67.6 Å². The fraction of sp³-hybridized carbons (Fsp3) is 0.371. The molecule has 8 heteroatoms. The SMILES string of the molecule is CC/C(=C(\c1ccccc1)c1ccc(OCCN(C)C(=O)CCOCCOCCOCCC(N)=O)cc1)c1ccccc1. The Balaban J connectivity index is 1.41. The average molecular weight is 589 g/mol. The zero-order chi connectivity index (χ0) is 30.7. The second kappa shape index (κ2) is 19.3. The minimum Gasteiger partial charge on any atom is -0.492 e. The third kappa shape index (κ3) is 12.0. The summed E-state index contributed by atoms with van der Waals surface area (Å²) in [5.41, 5.74) is 11.1. The molecule has 0 saturated heterocycles. The quantitative estimate of drug-likeness (QED) is 0.144. The Kier molecular flexibility index (Phi) is 15.0. The molecule has 0 saturated carbocycles. The Morgan fingerprint density at radius 3 is 1.72 bits per heavy atom. The lowest BCUT2D eigenvalue weighted by atomic mass is 9.88. The third-order valence-corrected chi connectivity index (χ3v) is 6.80. The van der Waals surface area contributed by atoms with E-state index in [1.165, 1.54) is 22.3 Å². The van der Waals surface area contributed by atoms with Gasteiger partial charge in [0.25, 0.3) is 0 Å². The molecule has 230 valence electrons. The second-order valence-corrected chi connectivity index (χ2v) is 9.93. The van der Waals surface area contributed by atoms with Crippen LogP contribution in [0.25, 0.3) is 11.1 Å². The van der Waals surface area contributed by atoms with E-state index < -0.39 is 0 Å². The van der Waals surface area contributed by atoms with Crippen molar-refractivity contribution in [1.29, 1.82) is 0 Å². The minimum atomic E-state index is -0.386. The van der Waals surface area contributed by atoms with Crippen molar-refractivity contribution < 1.29 is 28.5 Å². The van der Waals surface area contributed by atoms with Gasteiger partial charge in [-0.25, -0.2) is 0 Å². The van der Waals surface area contributed by atoms with Crippen molar-refractivity contribution >= 4 is 23.0 Å². The van der Waals surface area contributed by atoms with Crippen LogP contribution >= 0.6 is 0 Å². The summed E-state index contributed by atoms with van der Waals surface area (Å²) in [5.74, 6) is 0.368.